The molecule has 0 radical (unpaired) electrons. The van der Waals surface area contributed by atoms with Gasteiger partial charge in [0.05, 0.1) is 12.2 Å². The minimum absolute atomic E-state index is 0.236. The molecular formula is C28H38O4. The Balaban J connectivity index is 1.66. The summed E-state index contributed by atoms with van der Waals surface area (Å²) in [4.78, 5) is 11.8. The van der Waals surface area contributed by atoms with E-state index in [1.807, 2.05) is 6.07 Å². The van der Waals surface area contributed by atoms with E-state index in [1.165, 1.54) is 44.1 Å². The van der Waals surface area contributed by atoms with Crippen molar-refractivity contribution in [3.8, 4) is 16.9 Å². The third-order valence-corrected chi connectivity index (χ3v) is 6.78. The van der Waals surface area contributed by atoms with Gasteiger partial charge in [-0.25, -0.2) is 4.79 Å². The molecule has 0 amide bonds. The van der Waals surface area contributed by atoms with Gasteiger partial charge in [0.1, 0.15) is 5.75 Å². The lowest BCUT2D eigenvalue weighted by Crippen LogP contribution is -2.13. The third kappa shape index (κ3) is 6.83. The summed E-state index contributed by atoms with van der Waals surface area (Å²) in [5.41, 5.74) is 3.29. The molecule has 174 valence electrons. The number of carbonyl (C=O) groups is 1. The van der Waals surface area contributed by atoms with Crippen LogP contribution in [0.3, 0.4) is 0 Å². The second-order valence-corrected chi connectivity index (χ2v) is 9.13. The van der Waals surface area contributed by atoms with Crippen LogP contribution in [0.1, 0.15) is 93.0 Å². The smallest absolute Gasteiger partial charge is 0.336 e. The minimum atomic E-state index is -0.922. The summed E-state index contributed by atoms with van der Waals surface area (Å²) < 4.78 is 5.88. The van der Waals surface area contributed by atoms with Crippen LogP contribution in [-0.4, -0.2) is 29.4 Å². The average molecular weight is 439 g/mol. The first-order valence-corrected chi connectivity index (χ1v) is 12.3. The second-order valence-electron chi connectivity index (χ2n) is 9.13. The Morgan fingerprint density at radius 2 is 1.69 bits per heavy atom. The van der Waals surface area contributed by atoms with Gasteiger partial charge in [-0.05, 0) is 91.7 Å². The zero-order valence-electron chi connectivity index (χ0n) is 19.4. The van der Waals surface area contributed by atoms with Gasteiger partial charge in [-0.15, -0.1) is 0 Å². The number of aromatic carboxylic acids is 1. The van der Waals surface area contributed by atoms with Crippen LogP contribution in [-0.2, 0) is 0 Å². The van der Waals surface area contributed by atoms with Gasteiger partial charge in [-0.3, -0.25) is 0 Å². The van der Waals surface area contributed by atoms with Crippen molar-refractivity contribution in [1.29, 1.82) is 0 Å². The van der Waals surface area contributed by atoms with Gasteiger partial charge < -0.3 is 14.9 Å². The van der Waals surface area contributed by atoms with Crippen molar-refractivity contribution < 1.29 is 19.7 Å². The van der Waals surface area contributed by atoms with Gasteiger partial charge in [0.15, 0.2) is 0 Å². The summed E-state index contributed by atoms with van der Waals surface area (Å²) in [6.45, 7) is 3.10. The van der Waals surface area contributed by atoms with E-state index in [0.717, 1.165) is 37.2 Å². The topological polar surface area (TPSA) is 66.8 Å². The molecule has 0 saturated heterocycles. The lowest BCUT2D eigenvalue weighted by Gasteiger charge is -2.28. The van der Waals surface area contributed by atoms with E-state index in [0.29, 0.717) is 29.4 Å². The van der Waals surface area contributed by atoms with Crippen LogP contribution in [0.15, 0.2) is 42.5 Å². The van der Waals surface area contributed by atoms with E-state index in [2.05, 4.69) is 31.2 Å². The Morgan fingerprint density at radius 3 is 2.34 bits per heavy atom. The highest BCUT2D eigenvalue weighted by Gasteiger charge is 2.22. The van der Waals surface area contributed by atoms with Gasteiger partial charge in [-0.1, -0.05) is 50.5 Å². The molecule has 2 aromatic rings. The van der Waals surface area contributed by atoms with E-state index >= 15 is 0 Å². The van der Waals surface area contributed by atoms with E-state index in [9.17, 15) is 9.90 Å². The summed E-state index contributed by atoms with van der Waals surface area (Å²) in [5, 5.41) is 18.5. The maximum atomic E-state index is 11.8. The Labute approximate surface area is 192 Å². The number of aliphatic hydroxyl groups excluding tert-OH is 1. The van der Waals surface area contributed by atoms with Gasteiger partial charge in [-0.2, -0.15) is 0 Å². The van der Waals surface area contributed by atoms with Crippen LogP contribution in [0.25, 0.3) is 11.1 Å². The van der Waals surface area contributed by atoms with E-state index in [-0.39, 0.29) is 6.61 Å². The molecule has 2 N–H and O–H groups in total. The SMILES string of the molecule is CCC[C@H]1CC[C@H](c2ccc(-c3cc(OCCCCCCO)ccc3C(=O)O)cc2)CC1. The number of ether oxygens (including phenoxy) is 1. The Morgan fingerprint density at radius 1 is 0.969 bits per heavy atom. The quantitative estimate of drug-likeness (QED) is 0.348. The number of hydrogen-bond acceptors (Lipinski definition) is 3. The van der Waals surface area contributed by atoms with Crippen molar-refractivity contribution in [3.05, 3.63) is 53.6 Å². The number of hydrogen-bond donors (Lipinski definition) is 2. The third-order valence-electron chi connectivity index (χ3n) is 6.78. The molecule has 0 spiro atoms. The van der Waals surface area contributed by atoms with Gasteiger partial charge in [0, 0.05) is 6.61 Å². The number of carboxylic acid groups (broad SMARTS) is 1. The van der Waals surface area contributed by atoms with Crippen molar-refractivity contribution >= 4 is 5.97 Å². The van der Waals surface area contributed by atoms with Crippen molar-refractivity contribution in [3.63, 3.8) is 0 Å². The summed E-state index contributed by atoms with van der Waals surface area (Å²) >= 11 is 0. The lowest BCUT2D eigenvalue weighted by molar-refractivity contribution is 0.0697. The first kappa shape index (κ1) is 24.3. The minimum Gasteiger partial charge on any atom is -0.494 e. The molecule has 0 atom stereocenters. The number of unbranched alkanes of at least 4 members (excludes halogenated alkanes) is 3. The molecule has 0 unspecified atom stereocenters. The number of benzene rings is 2. The molecule has 0 aliphatic heterocycles. The standard InChI is InChI=1S/C28H38O4/c1-2-7-21-8-10-22(11-9-21)23-12-14-24(15-13-23)27-20-25(16-17-26(27)28(30)31)32-19-6-4-3-5-18-29/h12-17,20-22,29H,2-11,18-19H2,1H3,(H,30,31)/t21-,22-. The molecule has 1 aliphatic carbocycles. The van der Waals surface area contributed by atoms with Gasteiger partial charge in [0.25, 0.3) is 0 Å². The van der Waals surface area contributed by atoms with Crippen molar-refractivity contribution in [2.75, 3.05) is 13.2 Å². The van der Waals surface area contributed by atoms with Crippen molar-refractivity contribution in [2.24, 2.45) is 5.92 Å². The summed E-state index contributed by atoms with van der Waals surface area (Å²) in [7, 11) is 0. The Hall–Kier alpha value is -2.33. The molecule has 0 aromatic heterocycles. The van der Waals surface area contributed by atoms with Crippen molar-refractivity contribution in [2.45, 2.75) is 77.0 Å². The van der Waals surface area contributed by atoms with Crippen LogP contribution in [0.2, 0.25) is 0 Å². The summed E-state index contributed by atoms with van der Waals surface area (Å²) in [5.74, 6) is 1.29. The fourth-order valence-electron chi connectivity index (χ4n) is 4.92. The molecule has 0 heterocycles. The lowest BCUT2D eigenvalue weighted by atomic mass is 9.77. The predicted octanol–water partition coefficient (Wildman–Crippen LogP) is 7.06. The van der Waals surface area contributed by atoms with E-state index in [1.54, 1.807) is 12.1 Å². The first-order chi connectivity index (χ1) is 15.6. The van der Waals surface area contributed by atoms with Crippen LogP contribution in [0, 0.1) is 5.92 Å². The molecule has 2 aromatic carbocycles. The Bertz CT molecular complexity index is 835. The molecule has 1 saturated carbocycles. The van der Waals surface area contributed by atoms with Crippen molar-refractivity contribution in [1.82, 2.24) is 0 Å². The number of rotatable bonds is 12. The van der Waals surface area contributed by atoms with Crippen LogP contribution < -0.4 is 4.74 Å². The Kier molecular flexibility index (Phi) is 9.61. The summed E-state index contributed by atoms with van der Waals surface area (Å²) in [6.07, 6.45) is 11.5. The fraction of sp³-hybridized carbons (Fsp3) is 0.536. The maximum Gasteiger partial charge on any atom is 0.336 e. The van der Waals surface area contributed by atoms with Gasteiger partial charge in [0.2, 0.25) is 0 Å². The van der Waals surface area contributed by atoms with E-state index in [4.69, 9.17) is 9.84 Å². The summed E-state index contributed by atoms with van der Waals surface area (Å²) in [6, 6.07) is 13.7. The zero-order valence-corrected chi connectivity index (χ0v) is 19.4. The maximum absolute atomic E-state index is 11.8. The van der Waals surface area contributed by atoms with Crippen LogP contribution >= 0.6 is 0 Å². The molecule has 1 fully saturated rings. The largest absolute Gasteiger partial charge is 0.494 e. The highest BCUT2D eigenvalue weighted by atomic mass is 16.5. The second kappa shape index (κ2) is 12.6. The fourth-order valence-corrected chi connectivity index (χ4v) is 4.92. The molecule has 32 heavy (non-hydrogen) atoms. The zero-order chi connectivity index (χ0) is 22.8. The molecule has 0 bridgehead atoms. The normalized spacial score (nSPS) is 18.4. The molecule has 4 nitrogen and oxygen atoms in total. The molecular weight excluding hydrogens is 400 g/mol. The van der Waals surface area contributed by atoms with Crippen LogP contribution in [0.5, 0.6) is 5.75 Å². The highest BCUT2D eigenvalue weighted by Crippen LogP contribution is 2.38. The number of carboxylic acids is 1. The average Bonchev–Trinajstić information content (AvgIpc) is 2.82. The highest BCUT2D eigenvalue weighted by molar-refractivity contribution is 5.96. The first-order valence-electron chi connectivity index (χ1n) is 12.3. The van der Waals surface area contributed by atoms with Crippen LogP contribution in [0.4, 0.5) is 0 Å². The predicted molar refractivity (Wildman–Crippen MR) is 129 cm³/mol. The molecule has 4 heteroatoms. The van der Waals surface area contributed by atoms with Gasteiger partial charge >= 0.3 is 5.97 Å². The monoisotopic (exact) mass is 438 g/mol. The molecule has 3 rings (SSSR count). The molecule has 1 aliphatic rings. The van der Waals surface area contributed by atoms with E-state index < -0.39 is 5.97 Å². The number of aliphatic hydroxyl groups is 1.